The zero-order valence-electron chi connectivity index (χ0n) is 11.0. The van der Waals surface area contributed by atoms with Gasteiger partial charge in [-0.3, -0.25) is 5.32 Å². The number of amides is 1. The molecule has 1 aromatic carbocycles. The number of carbonyl (C=O) groups excluding carboxylic acids is 2. The minimum atomic E-state index is -4.69. The van der Waals surface area contributed by atoms with E-state index in [1.165, 1.54) is 24.3 Å². The molecule has 0 bridgehead atoms. The smallest absolute Gasteiger partial charge is 0.462 e. The van der Waals surface area contributed by atoms with Crippen molar-refractivity contribution in [3.8, 4) is 0 Å². The van der Waals surface area contributed by atoms with Crippen LogP contribution in [0.4, 0.5) is 10.5 Å². The van der Waals surface area contributed by atoms with Gasteiger partial charge in [0.2, 0.25) is 6.79 Å². The topological polar surface area (TPSA) is 131 Å². The van der Waals surface area contributed by atoms with Gasteiger partial charge in [0.1, 0.15) is 0 Å². The number of esters is 1. The predicted octanol–water partition coefficient (Wildman–Crippen LogP) is 1.48. The molecule has 0 atom stereocenters. The van der Waals surface area contributed by atoms with Crippen molar-refractivity contribution in [2.75, 3.05) is 18.7 Å². The van der Waals surface area contributed by atoms with Crippen LogP contribution in [0.15, 0.2) is 24.3 Å². The molecule has 1 aromatic rings. The second-order valence-electron chi connectivity index (χ2n) is 3.59. The molecule has 0 unspecified atom stereocenters. The van der Waals surface area contributed by atoms with Crippen LogP contribution in [-0.2, 0) is 18.6 Å². The van der Waals surface area contributed by atoms with Gasteiger partial charge < -0.3 is 19.3 Å². The lowest BCUT2D eigenvalue weighted by Gasteiger charge is -2.08. The van der Waals surface area contributed by atoms with Crippen molar-refractivity contribution in [2.45, 2.75) is 6.92 Å². The van der Waals surface area contributed by atoms with E-state index in [9.17, 15) is 14.2 Å². The maximum absolute atomic E-state index is 11.4. The molecule has 0 aliphatic rings. The average molecular weight is 319 g/mol. The van der Waals surface area contributed by atoms with Gasteiger partial charge in [0, 0.05) is 5.69 Å². The Morgan fingerprint density at radius 1 is 1.19 bits per heavy atom. The van der Waals surface area contributed by atoms with E-state index in [1.807, 2.05) is 0 Å². The van der Waals surface area contributed by atoms with Crippen LogP contribution in [0.1, 0.15) is 17.3 Å². The number of carbonyl (C=O) groups is 2. The summed E-state index contributed by atoms with van der Waals surface area (Å²) < 4.78 is 23.5. The molecule has 21 heavy (non-hydrogen) atoms. The van der Waals surface area contributed by atoms with Gasteiger partial charge in [0.05, 0.1) is 12.2 Å². The van der Waals surface area contributed by atoms with Crippen molar-refractivity contribution >= 4 is 25.6 Å². The molecule has 1 rings (SSSR count). The summed E-state index contributed by atoms with van der Waals surface area (Å²) in [5, 5.41) is 2.28. The lowest BCUT2D eigenvalue weighted by molar-refractivity contribution is 0.0468. The van der Waals surface area contributed by atoms with Crippen LogP contribution in [0.2, 0.25) is 0 Å². The van der Waals surface area contributed by atoms with Crippen molar-refractivity contribution in [3.05, 3.63) is 29.8 Å². The summed E-state index contributed by atoms with van der Waals surface area (Å²) >= 11 is 0. The number of ether oxygens (including phenoxy) is 2. The highest BCUT2D eigenvalue weighted by Crippen LogP contribution is 2.35. The van der Waals surface area contributed by atoms with Crippen molar-refractivity contribution in [3.63, 3.8) is 0 Å². The molecule has 0 fully saturated rings. The second kappa shape index (κ2) is 7.75. The van der Waals surface area contributed by atoms with Gasteiger partial charge in [-0.2, -0.15) is 0 Å². The number of hydrogen-bond donors (Lipinski definition) is 3. The molecule has 0 heterocycles. The predicted molar refractivity (Wildman–Crippen MR) is 70.5 cm³/mol. The molecule has 0 saturated carbocycles. The maximum Gasteiger partial charge on any atom is 0.472 e. The fourth-order valence-electron chi connectivity index (χ4n) is 1.21. The van der Waals surface area contributed by atoms with Crippen LogP contribution >= 0.6 is 7.82 Å². The van der Waals surface area contributed by atoms with Crippen LogP contribution in [0.3, 0.4) is 0 Å². The molecule has 9 nitrogen and oxygen atoms in total. The third kappa shape index (κ3) is 6.87. The highest BCUT2D eigenvalue weighted by molar-refractivity contribution is 7.46. The number of hydrogen-bond acceptors (Lipinski definition) is 6. The summed E-state index contributed by atoms with van der Waals surface area (Å²) in [7, 11) is -4.69. The molecule has 0 radical (unpaired) electrons. The normalized spacial score (nSPS) is 10.8. The van der Waals surface area contributed by atoms with E-state index in [0.29, 0.717) is 11.3 Å². The van der Waals surface area contributed by atoms with Crippen LogP contribution in [0.5, 0.6) is 0 Å². The molecule has 116 valence electrons. The standard InChI is InChI=1S/C11H14NO8P/c1-2-18-10(13)8-3-5-9(6-4-8)12-11(14)19-7-20-21(15,16)17/h3-6H,2,7H2,1H3,(H,12,14)(H2,15,16,17). The van der Waals surface area contributed by atoms with Crippen LogP contribution < -0.4 is 5.32 Å². The first-order valence-electron chi connectivity index (χ1n) is 5.73. The van der Waals surface area contributed by atoms with Crippen molar-refractivity contribution < 1.29 is 37.9 Å². The number of benzene rings is 1. The summed E-state index contributed by atoms with van der Waals surface area (Å²) in [6, 6.07) is 5.77. The Labute approximate surface area is 120 Å². The minimum Gasteiger partial charge on any atom is -0.462 e. The van der Waals surface area contributed by atoms with E-state index in [0.717, 1.165) is 0 Å². The molecule has 0 aliphatic heterocycles. The van der Waals surface area contributed by atoms with Crippen molar-refractivity contribution in [1.29, 1.82) is 0 Å². The van der Waals surface area contributed by atoms with E-state index in [1.54, 1.807) is 6.92 Å². The number of phosphoric ester groups is 1. The Morgan fingerprint density at radius 2 is 1.81 bits per heavy atom. The average Bonchev–Trinajstić information content (AvgIpc) is 2.38. The number of anilines is 1. The Balaban J connectivity index is 2.46. The first kappa shape index (κ1) is 17.1. The molecule has 0 aromatic heterocycles. The molecular weight excluding hydrogens is 305 g/mol. The first-order chi connectivity index (χ1) is 9.81. The monoisotopic (exact) mass is 319 g/mol. The third-order valence-corrected chi connectivity index (χ3v) is 2.50. The van der Waals surface area contributed by atoms with Crippen LogP contribution in [0, 0.1) is 0 Å². The summed E-state index contributed by atoms with van der Waals surface area (Å²) in [5.74, 6) is -0.485. The molecule has 0 spiro atoms. The third-order valence-electron chi connectivity index (χ3n) is 2.05. The Kier molecular flexibility index (Phi) is 6.32. The Bertz CT molecular complexity index is 538. The number of rotatable bonds is 6. The first-order valence-corrected chi connectivity index (χ1v) is 7.26. The largest absolute Gasteiger partial charge is 0.472 e. The zero-order valence-corrected chi connectivity index (χ0v) is 11.9. The van der Waals surface area contributed by atoms with Gasteiger partial charge in [0.25, 0.3) is 0 Å². The fourth-order valence-corrected chi connectivity index (χ4v) is 1.40. The Hall–Kier alpha value is -1.93. The number of nitrogens with one attached hydrogen (secondary N) is 1. The van der Waals surface area contributed by atoms with E-state index in [4.69, 9.17) is 14.5 Å². The number of phosphoric acid groups is 1. The lowest BCUT2D eigenvalue weighted by atomic mass is 10.2. The molecule has 10 heteroatoms. The van der Waals surface area contributed by atoms with Gasteiger partial charge in [-0.05, 0) is 31.2 Å². The van der Waals surface area contributed by atoms with Gasteiger partial charge in [-0.15, -0.1) is 0 Å². The maximum atomic E-state index is 11.4. The van der Waals surface area contributed by atoms with Gasteiger partial charge in [-0.25, -0.2) is 18.7 Å². The van der Waals surface area contributed by atoms with Gasteiger partial charge in [0.15, 0.2) is 0 Å². The molecule has 0 aliphatic carbocycles. The summed E-state index contributed by atoms with van der Waals surface area (Å²) in [6.07, 6.45) is -0.965. The van der Waals surface area contributed by atoms with Crippen molar-refractivity contribution in [2.24, 2.45) is 0 Å². The van der Waals surface area contributed by atoms with Crippen LogP contribution in [0.25, 0.3) is 0 Å². The molecule has 3 N–H and O–H groups in total. The van der Waals surface area contributed by atoms with E-state index < -0.39 is 26.7 Å². The van der Waals surface area contributed by atoms with E-state index in [2.05, 4.69) is 14.6 Å². The zero-order chi connectivity index (χ0) is 15.9. The molecule has 1 amide bonds. The van der Waals surface area contributed by atoms with E-state index >= 15 is 0 Å². The summed E-state index contributed by atoms with van der Waals surface area (Å²) in [6.45, 7) is 1.05. The quantitative estimate of drug-likeness (QED) is 0.408. The Morgan fingerprint density at radius 3 is 2.33 bits per heavy atom. The lowest BCUT2D eigenvalue weighted by Crippen LogP contribution is -2.15. The minimum absolute atomic E-state index is 0.255. The summed E-state index contributed by atoms with van der Waals surface area (Å²) in [4.78, 5) is 39.4. The fraction of sp³-hybridized carbons (Fsp3) is 0.273. The van der Waals surface area contributed by atoms with Crippen LogP contribution in [-0.4, -0.2) is 35.2 Å². The molecule has 0 saturated heterocycles. The van der Waals surface area contributed by atoms with Gasteiger partial charge in [-0.1, -0.05) is 0 Å². The SMILES string of the molecule is CCOC(=O)c1ccc(NC(=O)OCOP(=O)(O)O)cc1. The van der Waals surface area contributed by atoms with E-state index in [-0.39, 0.29) is 6.61 Å². The second-order valence-corrected chi connectivity index (χ2v) is 4.83. The highest BCUT2D eigenvalue weighted by Gasteiger charge is 2.15. The highest BCUT2D eigenvalue weighted by atomic mass is 31.2. The molecular formula is C11H14NO8P. The summed E-state index contributed by atoms with van der Waals surface area (Å²) in [5.41, 5.74) is 0.643. The van der Waals surface area contributed by atoms with Gasteiger partial charge >= 0.3 is 19.9 Å². The van der Waals surface area contributed by atoms with Crippen molar-refractivity contribution in [1.82, 2.24) is 0 Å².